The highest BCUT2D eigenvalue weighted by Gasteiger charge is 2.18. The second kappa shape index (κ2) is 7.52. The Kier molecular flexibility index (Phi) is 5.42. The minimum absolute atomic E-state index is 0.0338. The number of halogens is 3. The van der Waals surface area contributed by atoms with Gasteiger partial charge in [-0.05, 0) is 18.2 Å². The van der Waals surface area contributed by atoms with Crippen molar-refractivity contribution in [1.29, 1.82) is 5.26 Å². The van der Waals surface area contributed by atoms with E-state index in [9.17, 15) is 28.1 Å². The van der Waals surface area contributed by atoms with E-state index in [2.05, 4.69) is 5.32 Å². The third-order valence-electron chi connectivity index (χ3n) is 3.41. The minimum atomic E-state index is -1.71. The Morgan fingerprint density at radius 2 is 1.96 bits per heavy atom. The lowest BCUT2D eigenvalue weighted by molar-refractivity contribution is -0.384. The maximum Gasteiger partial charge on any atom is 0.270 e. The lowest BCUT2D eigenvalue weighted by Crippen LogP contribution is -2.30. The number of hydrogen-bond donors (Lipinski definition) is 1. The van der Waals surface area contributed by atoms with Crippen LogP contribution in [0.25, 0.3) is 0 Å². The van der Waals surface area contributed by atoms with Gasteiger partial charge in [0.15, 0.2) is 17.5 Å². The Bertz CT molecular complexity index is 928. The van der Waals surface area contributed by atoms with Crippen LogP contribution in [0.1, 0.15) is 5.56 Å². The summed E-state index contributed by atoms with van der Waals surface area (Å²) in [5.41, 5.74) is -0.619. The highest BCUT2D eigenvalue weighted by atomic mass is 19.2. The third kappa shape index (κ3) is 3.89. The number of anilines is 2. The van der Waals surface area contributed by atoms with Gasteiger partial charge in [-0.1, -0.05) is 0 Å². The summed E-state index contributed by atoms with van der Waals surface area (Å²) in [7, 11) is 1.43. The molecule has 134 valence electrons. The first-order valence-electron chi connectivity index (χ1n) is 7.07. The number of rotatable bonds is 5. The molecule has 2 aromatic carbocycles. The number of likely N-dealkylation sites (N-methyl/N-ethyl adjacent to an activating group) is 1. The summed E-state index contributed by atoms with van der Waals surface area (Å²) in [5.74, 6) is -5.39. The number of nitrogens with zero attached hydrogens (tertiary/aromatic N) is 3. The lowest BCUT2D eigenvalue weighted by Gasteiger charge is -2.20. The summed E-state index contributed by atoms with van der Waals surface area (Å²) in [6, 6.07) is 6.84. The number of carbonyl (C=O) groups excluding carboxylic acids is 1. The maximum atomic E-state index is 13.6. The molecule has 1 amide bonds. The van der Waals surface area contributed by atoms with E-state index < -0.39 is 34.0 Å². The first-order valence-corrected chi connectivity index (χ1v) is 7.07. The summed E-state index contributed by atoms with van der Waals surface area (Å²) < 4.78 is 39.6. The summed E-state index contributed by atoms with van der Waals surface area (Å²) in [4.78, 5) is 23.4. The molecule has 1 N–H and O–H groups in total. The van der Waals surface area contributed by atoms with E-state index in [1.807, 2.05) is 0 Å². The molecule has 0 atom stereocenters. The maximum absolute atomic E-state index is 13.6. The van der Waals surface area contributed by atoms with Crippen molar-refractivity contribution in [2.45, 2.75) is 0 Å². The van der Waals surface area contributed by atoms with Crippen molar-refractivity contribution in [2.75, 3.05) is 23.8 Å². The van der Waals surface area contributed by atoms with Crippen LogP contribution in [0.4, 0.5) is 30.2 Å². The number of benzene rings is 2. The van der Waals surface area contributed by atoms with Crippen LogP contribution >= 0.6 is 0 Å². The monoisotopic (exact) mass is 364 g/mol. The van der Waals surface area contributed by atoms with E-state index >= 15 is 0 Å². The zero-order chi connectivity index (χ0) is 19.4. The van der Waals surface area contributed by atoms with E-state index in [1.54, 1.807) is 6.07 Å². The van der Waals surface area contributed by atoms with Crippen molar-refractivity contribution in [2.24, 2.45) is 0 Å². The average Bonchev–Trinajstić information content (AvgIpc) is 2.61. The molecular formula is C16H11F3N4O3. The molecule has 0 unspecified atom stereocenters. The molecule has 2 aromatic rings. The average molecular weight is 364 g/mol. The van der Waals surface area contributed by atoms with Crippen molar-refractivity contribution in [1.82, 2.24) is 0 Å². The Morgan fingerprint density at radius 3 is 2.58 bits per heavy atom. The number of nitriles is 1. The smallest absolute Gasteiger partial charge is 0.270 e. The van der Waals surface area contributed by atoms with Crippen LogP contribution in [-0.4, -0.2) is 24.4 Å². The first kappa shape index (κ1) is 18.7. The van der Waals surface area contributed by atoms with Gasteiger partial charge in [-0.2, -0.15) is 5.26 Å². The third-order valence-corrected chi connectivity index (χ3v) is 3.41. The molecule has 10 heteroatoms. The second-order valence-corrected chi connectivity index (χ2v) is 5.20. The lowest BCUT2D eigenvalue weighted by atomic mass is 10.1. The number of nitro groups is 1. The molecule has 0 aliphatic rings. The number of amides is 1. The highest BCUT2D eigenvalue weighted by molar-refractivity contribution is 5.94. The molecule has 0 bridgehead atoms. The van der Waals surface area contributed by atoms with E-state index in [1.165, 1.54) is 24.1 Å². The fourth-order valence-electron chi connectivity index (χ4n) is 2.17. The summed E-state index contributed by atoms with van der Waals surface area (Å²) in [5, 5.41) is 21.9. The molecule has 2 rings (SSSR count). The molecule has 0 aliphatic carbocycles. The van der Waals surface area contributed by atoms with Crippen molar-refractivity contribution >= 4 is 23.0 Å². The van der Waals surface area contributed by atoms with Gasteiger partial charge in [-0.25, -0.2) is 13.2 Å². The topological polar surface area (TPSA) is 99.3 Å². The van der Waals surface area contributed by atoms with E-state index in [0.29, 0.717) is 6.07 Å². The summed E-state index contributed by atoms with van der Waals surface area (Å²) in [6.45, 7) is -0.370. The van der Waals surface area contributed by atoms with Gasteiger partial charge in [0.05, 0.1) is 28.4 Å². The van der Waals surface area contributed by atoms with Crippen LogP contribution in [0.2, 0.25) is 0 Å². The van der Waals surface area contributed by atoms with Crippen LogP contribution < -0.4 is 10.2 Å². The number of hydrogen-bond acceptors (Lipinski definition) is 5. The molecule has 0 fully saturated rings. The van der Waals surface area contributed by atoms with Crippen molar-refractivity contribution < 1.29 is 22.9 Å². The highest BCUT2D eigenvalue weighted by Crippen LogP contribution is 2.24. The molecule has 0 saturated carbocycles. The van der Waals surface area contributed by atoms with Gasteiger partial charge >= 0.3 is 0 Å². The predicted octanol–water partition coefficient (Wildman–Crippen LogP) is 2.96. The largest absolute Gasteiger partial charge is 0.364 e. The molecule has 0 aliphatic heterocycles. The van der Waals surface area contributed by atoms with Crippen LogP contribution in [0.3, 0.4) is 0 Å². The molecule has 26 heavy (non-hydrogen) atoms. The summed E-state index contributed by atoms with van der Waals surface area (Å²) >= 11 is 0. The zero-order valence-corrected chi connectivity index (χ0v) is 13.3. The Hall–Kier alpha value is -3.61. The Morgan fingerprint density at radius 1 is 1.27 bits per heavy atom. The van der Waals surface area contributed by atoms with Crippen molar-refractivity contribution in [3.05, 3.63) is 63.5 Å². The molecule has 0 spiro atoms. The normalized spacial score (nSPS) is 10.1. The quantitative estimate of drug-likeness (QED) is 0.500. The number of nitro benzene ring substituents is 1. The van der Waals surface area contributed by atoms with Gasteiger partial charge in [0.25, 0.3) is 5.69 Å². The molecule has 0 radical (unpaired) electrons. The molecule has 0 aromatic heterocycles. The van der Waals surface area contributed by atoms with E-state index in [4.69, 9.17) is 5.26 Å². The SMILES string of the molecule is CN(CC(=O)Nc1ccc(F)c(F)c1F)c1ccc([N+](=O)[O-])cc1C#N. The molecular weight excluding hydrogens is 353 g/mol. The standard InChI is InChI=1S/C16H11F3N4O3/c1-22(13-5-2-10(23(25)26)6-9(13)7-20)8-14(24)21-12-4-3-11(17)15(18)16(12)19/h2-6H,8H2,1H3,(H,21,24). The zero-order valence-electron chi connectivity index (χ0n) is 13.3. The molecule has 0 heterocycles. The van der Waals surface area contributed by atoms with Crippen molar-refractivity contribution in [3.63, 3.8) is 0 Å². The number of carbonyl (C=O) groups is 1. The fraction of sp³-hybridized carbons (Fsp3) is 0.125. The Labute approximate surface area is 145 Å². The van der Waals surface area contributed by atoms with Gasteiger partial charge in [-0.15, -0.1) is 0 Å². The van der Waals surface area contributed by atoms with Gasteiger partial charge in [0.2, 0.25) is 5.91 Å². The van der Waals surface area contributed by atoms with Crippen molar-refractivity contribution in [3.8, 4) is 6.07 Å². The Balaban J connectivity index is 2.16. The van der Waals surface area contributed by atoms with Crippen LogP contribution in [0.5, 0.6) is 0 Å². The summed E-state index contributed by atoms with van der Waals surface area (Å²) in [6.07, 6.45) is 0. The predicted molar refractivity (Wildman–Crippen MR) is 86.0 cm³/mol. The number of nitrogens with one attached hydrogen (secondary N) is 1. The number of non-ortho nitro benzene ring substituents is 1. The minimum Gasteiger partial charge on any atom is -0.364 e. The fourth-order valence-corrected chi connectivity index (χ4v) is 2.17. The van der Waals surface area contributed by atoms with E-state index in [-0.39, 0.29) is 23.5 Å². The van der Waals surface area contributed by atoms with Crippen LogP contribution in [-0.2, 0) is 4.79 Å². The van der Waals surface area contributed by atoms with Gasteiger partial charge in [0.1, 0.15) is 6.07 Å². The van der Waals surface area contributed by atoms with Gasteiger partial charge in [0, 0.05) is 19.2 Å². The molecule has 7 nitrogen and oxygen atoms in total. The van der Waals surface area contributed by atoms with Gasteiger partial charge < -0.3 is 10.2 Å². The van der Waals surface area contributed by atoms with Gasteiger partial charge in [-0.3, -0.25) is 14.9 Å². The van der Waals surface area contributed by atoms with Crippen LogP contribution in [0.15, 0.2) is 30.3 Å². The second-order valence-electron chi connectivity index (χ2n) is 5.20. The molecule has 0 saturated heterocycles. The van der Waals surface area contributed by atoms with E-state index in [0.717, 1.165) is 12.1 Å². The first-order chi connectivity index (χ1) is 12.2. The van der Waals surface area contributed by atoms with Crippen LogP contribution in [0, 0.1) is 38.9 Å².